The minimum Gasteiger partial charge on any atom is -0.457 e. The lowest BCUT2D eigenvalue weighted by Gasteiger charge is -2.36. The number of halogens is 3. The molecule has 4 aromatic rings. The van der Waals surface area contributed by atoms with Crippen LogP contribution in [0.3, 0.4) is 0 Å². The normalized spacial score (nSPS) is 13.3. The summed E-state index contributed by atoms with van der Waals surface area (Å²) < 4.78 is 5.77. The number of carbonyl (C=O) groups excluding carboxylic acids is 2. The molecule has 2 amide bonds. The molecule has 0 atom stereocenters. The second kappa shape index (κ2) is 13.4. The number of hydrogen-bond donors (Lipinski definition) is 2. The number of piperazine rings is 1. The summed E-state index contributed by atoms with van der Waals surface area (Å²) >= 11 is 24.2. The molecule has 1 aliphatic heterocycles. The van der Waals surface area contributed by atoms with Crippen LogP contribution >= 0.6 is 47.0 Å². The van der Waals surface area contributed by atoms with Crippen LogP contribution in [0.1, 0.15) is 16.1 Å². The van der Waals surface area contributed by atoms with Crippen molar-refractivity contribution in [2.45, 2.75) is 0 Å². The number of hydrogen-bond acceptors (Lipinski definition) is 5. The fourth-order valence-electron chi connectivity index (χ4n) is 4.51. The van der Waals surface area contributed by atoms with E-state index in [0.717, 1.165) is 5.69 Å². The fraction of sp³-hybridized carbons (Fsp3) is 0.129. The van der Waals surface area contributed by atoms with Gasteiger partial charge in [0.2, 0.25) is 5.91 Å². The van der Waals surface area contributed by atoms with Crippen molar-refractivity contribution in [2.24, 2.45) is 0 Å². The van der Waals surface area contributed by atoms with Crippen LogP contribution in [0.4, 0.5) is 11.4 Å². The smallest absolute Gasteiger partial charge is 0.253 e. The van der Waals surface area contributed by atoms with Gasteiger partial charge < -0.3 is 19.5 Å². The predicted octanol–water partition coefficient (Wildman–Crippen LogP) is 7.40. The van der Waals surface area contributed by atoms with E-state index in [-0.39, 0.29) is 11.0 Å². The van der Waals surface area contributed by atoms with E-state index < -0.39 is 5.91 Å². The Morgan fingerprint density at radius 1 is 0.857 bits per heavy atom. The maximum absolute atomic E-state index is 12.7. The SMILES string of the molecule is O=C(C=Cc1ccc(-c2cccc(Cl)c2Cl)o1)NC(=S)Nc1ccc(N2CCN(C(=O)c3ccccc3)CC2)c(Cl)c1. The summed E-state index contributed by atoms with van der Waals surface area (Å²) in [5.74, 6) is 0.588. The summed E-state index contributed by atoms with van der Waals surface area (Å²) in [6.45, 7) is 2.52. The molecular weight excluding hydrogens is 615 g/mol. The van der Waals surface area contributed by atoms with Gasteiger partial charge in [0.15, 0.2) is 5.11 Å². The van der Waals surface area contributed by atoms with Crippen molar-refractivity contribution < 1.29 is 14.0 Å². The predicted molar refractivity (Wildman–Crippen MR) is 174 cm³/mol. The zero-order valence-electron chi connectivity index (χ0n) is 22.1. The van der Waals surface area contributed by atoms with Gasteiger partial charge in [-0.15, -0.1) is 0 Å². The Morgan fingerprint density at radius 2 is 1.62 bits per heavy atom. The third kappa shape index (κ3) is 7.14. The molecule has 0 saturated carbocycles. The van der Waals surface area contributed by atoms with Crippen LogP contribution in [0.2, 0.25) is 15.1 Å². The summed E-state index contributed by atoms with van der Waals surface area (Å²) in [7, 11) is 0. The molecule has 0 unspecified atom stereocenters. The zero-order valence-corrected chi connectivity index (χ0v) is 25.2. The van der Waals surface area contributed by atoms with Gasteiger partial charge >= 0.3 is 0 Å². The van der Waals surface area contributed by atoms with Crippen LogP contribution < -0.4 is 15.5 Å². The monoisotopic (exact) mass is 638 g/mol. The molecule has 1 saturated heterocycles. The van der Waals surface area contributed by atoms with Gasteiger partial charge in [0.05, 0.1) is 20.8 Å². The quantitative estimate of drug-likeness (QED) is 0.169. The number of nitrogens with one attached hydrogen (secondary N) is 2. The molecule has 0 spiro atoms. The molecule has 2 heterocycles. The summed E-state index contributed by atoms with van der Waals surface area (Å²) in [6, 6.07) is 23.5. The molecule has 7 nitrogen and oxygen atoms in total. The largest absolute Gasteiger partial charge is 0.457 e. The summed E-state index contributed by atoms with van der Waals surface area (Å²) in [4.78, 5) is 29.2. The lowest BCUT2D eigenvalue weighted by atomic mass is 10.1. The molecule has 3 aromatic carbocycles. The van der Waals surface area contributed by atoms with Crippen molar-refractivity contribution in [1.29, 1.82) is 0 Å². The van der Waals surface area contributed by atoms with E-state index in [0.29, 0.717) is 69.6 Å². The van der Waals surface area contributed by atoms with Gasteiger partial charge in [-0.1, -0.05) is 59.1 Å². The van der Waals surface area contributed by atoms with Gasteiger partial charge in [-0.05, 0) is 72.9 Å². The zero-order chi connectivity index (χ0) is 29.6. The van der Waals surface area contributed by atoms with Crippen LogP contribution in [0, 0.1) is 0 Å². The average Bonchev–Trinajstić information content (AvgIpc) is 3.46. The number of furan rings is 1. The van der Waals surface area contributed by atoms with E-state index in [2.05, 4.69) is 15.5 Å². The van der Waals surface area contributed by atoms with Crippen molar-refractivity contribution in [1.82, 2.24) is 10.2 Å². The summed E-state index contributed by atoms with van der Waals surface area (Å²) in [5.41, 5.74) is 2.84. The first-order valence-electron chi connectivity index (χ1n) is 13.0. The van der Waals surface area contributed by atoms with E-state index >= 15 is 0 Å². The minimum atomic E-state index is -0.433. The Balaban J connectivity index is 1.12. The molecule has 2 N–H and O–H groups in total. The van der Waals surface area contributed by atoms with Gasteiger partial charge in [0.25, 0.3) is 5.91 Å². The Labute approximate surface area is 263 Å². The standard InChI is InChI=1S/C31H25Cl3N4O3S/c32-24-8-4-7-23(29(24)34)27-13-10-22(41-27)11-14-28(39)36-31(42)35-21-9-12-26(25(33)19-21)37-15-17-38(18-16-37)30(40)20-5-2-1-3-6-20/h1-14,19H,15-18H2,(H2,35,36,39,42). The van der Waals surface area contributed by atoms with Crippen molar-refractivity contribution in [3.05, 3.63) is 111 Å². The molecule has 1 fully saturated rings. The van der Waals surface area contributed by atoms with E-state index in [9.17, 15) is 9.59 Å². The van der Waals surface area contributed by atoms with Crippen LogP contribution in [0.5, 0.6) is 0 Å². The minimum absolute atomic E-state index is 0.0302. The van der Waals surface area contributed by atoms with Gasteiger partial charge in [0.1, 0.15) is 11.5 Å². The summed E-state index contributed by atoms with van der Waals surface area (Å²) in [5, 5.41) is 7.05. The van der Waals surface area contributed by atoms with E-state index in [1.165, 1.54) is 12.2 Å². The Bertz CT molecular complexity index is 1650. The van der Waals surface area contributed by atoms with E-state index in [1.807, 2.05) is 47.4 Å². The number of carbonyl (C=O) groups is 2. The van der Waals surface area contributed by atoms with Gasteiger partial charge in [-0.2, -0.15) is 0 Å². The maximum Gasteiger partial charge on any atom is 0.253 e. The Kier molecular flexibility index (Phi) is 9.49. The molecule has 0 aliphatic carbocycles. The number of amides is 2. The molecular formula is C31H25Cl3N4O3S. The highest BCUT2D eigenvalue weighted by Gasteiger charge is 2.23. The van der Waals surface area contributed by atoms with Gasteiger partial charge in [0, 0.05) is 49.1 Å². The first-order chi connectivity index (χ1) is 20.3. The lowest BCUT2D eigenvalue weighted by molar-refractivity contribution is -0.115. The average molecular weight is 640 g/mol. The van der Waals surface area contributed by atoms with Crippen molar-refractivity contribution in [2.75, 3.05) is 36.4 Å². The van der Waals surface area contributed by atoms with Gasteiger partial charge in [-0.3, -0.25) is 14.9 Å². The number of anilines is 2. The molecule has 42 heavy (non-hydrogen) atoms. The molecule has 11 heteroatoms. The number of rotatable bonds is 6. The second-order valence-corrected chi connectivity index (χ2v) is 11.0. The Morgan fingerprint density at radius 3 is 2.36 bits per heavy atom. The first-order valence-corrected chi connectivity index (χ1v) is 14.6. The van der Waals surface area contributed by atoms with Crippen LogP contribution in [0.15, 0.2) is 89.4 Å². The topological polar surface area (TPSA) is 77.8 Å². The van der Waals surface area contributed by atoms with Crippen LogP contribution in [-0.2, 0) is 4.79 Å². The number of nitrogens with zero attached hydrogens (tertiary/aromatic N) is 2. The fourth-order valence-corrected chi connectivity index (χ4v) is 5.42. The highest BCUT2D eigenvalue weighted by molar-refractivity contribution is 7.80. The van der Waals surface area contributed by atoms with E-state index in [1.54, 1.807) is 36.4 Å². The highest BCUT2D eigenvalue weighted by Crippen LogP contribution is 2.34. The van der Waals surface area contributed by atoms with Gasteiger partial charge in [-0.25, -0.2) is 0 Å². The molecule has 0 radical (unpaired) electrons. The maximum atomic E-state index is 12.7. The Hall–Kier alpha value is -3.82. The molecule has 1 aromatic heterocycles. The number of thiocarbonyl (C=S) groups is 1. The second-order valence-electron chi connectivity index (χ2n) is 9.39. The van der Waals surface area contributed by atoms with Crippen LogP contribution in [0.25, 0.3) is 17.4 Å². The molecule has 5 rings (SSSR count). The lowest BCUT2D eigenvalue weighted by Crippen LogP contribution is -2.48. The third-order valence-corrected chi connectivity index (χ3v) is 7.94. The van der Waals surface area contributed by atoms with E-state index in [4.69, 9.17) is 51.4 Å². The number of benzene rings is 3. The summed E-state index contributed by atoms with van der Waals surface area (Å²) in [6.07, 6.45) is 2.84. The first kappa shape index (κ1) is 29.7. The van der Waals surface area contributed by atoms with Crippen LogP contribution in [-0.4, -0.2) is 48.0 Å². The van der Waals surface area contributed by atoms with Crippen molar-refractivity contribution >= 4 is 81.4 Å². The third-order valence-electron chi connectivity index (χ3n) is 6.61. The highest BCUT2D eigenvalue weighted by atomic mass is 35.5. The van der Waals surface area contributed by atoms with Crippen molar-refractivity contribution in [3.63, 3.8) is 0 Å². The van der Waals surface area contributed by atoms with Crippen molar-refractivity contribution in [3.8, 4) is 11.3 Å². The molecule has 0 bridgehead atoms. The molecule has 214 valence electrons. The molecule has 1 aliphatic rings.